The monoisotopic (exact) mass is 246 g/mol. The average molecular weight is 247 g/mol. The molecule has 1 rings (SSSR count). The van der Waals surface area contributed by atoms with E-state index in [0.29, 0.717) is 16.4 Å². The standard InChI is InChI=1S/C10H15ClN2OS/c1-6-5-15-9(8(6)11)10(14)13-4-7(2)12-3/h5,7,12H,4H2,1-3H3,(H,13,14). The molecule has 0 aliphatic heterocycles. The molecule has 2 N–H and O–H groups in total. The van der Waals surface area contributed by atoms with Gasteiger partial charge in [-0.05, 0) is 31.8 Å². The van der Waals surface area contributed by atoms with Crippen LogP contribution in [0.1, 0.15) is 22.2 Å². The van der Waals surface area contributed by atoms with Crippen LogP contribution in [-0.2, 0) is 0 Å². The van der Waals surface area contributed by atoms with Crippen LogP contribution in [0.15, 0.2) is 5.38 Å². The lowest BCUT2D eigenvalue weighted by atomic mass is 10.3. The summed E-state index contributed by atoms with van der Waals surface area (Å²) in [5, 5.41) is 8.33. The van der Waals surface area contributed by atoms with Gasteiger partial charge in [-0.25, -0.2) is 0 Å². The zero-order chi connectivity index (χ0) is 11.4. The van der Waals surface area contributed by atoms with Gasteiger partial charge in [0.15, 0.2) is 0 Å². The van der Waals surface area contributed by atoms with Crippen molar-refractivity contribution in [1.82, 2.24) is 10.6 Å². The second-order valence-electron chi connectivity index (χ2n) is 3.46. The van der Waals surface area contributed by atoms with Crippen LogP contribution in [0.4, 0.5) is 0 Å². The lowest BCUT2D eigenvalue weighted by Crippen LogP contribution is -2.36. The van der Waals surface area contributed by atoms with Crippen LogP contribution in [0.25, 0.3) is 0 Å². The van der Waals surface area contributed by atoms with Gasteiger partial charge >= 0.3 is 0 Å². The fourth-order valence-electron chi connectivity index (χ4n) is 1.01. The van der Waals surface area contributed by atoms with E-state index in [1.165, 1.54) is 11.3 Å². The van der Waals surface area contributed by atoms with Crippen molar-refractivity contribution in [3.8, 4) is 0 Å². The van der Waals surface area contributed by atoms with E-state index >= 15 is 0 Å². The minimum atomic E-state index is -0.0970. The molecule has 0 saturated heterocycles. The quantitative estimate of drug-likeness (QED) is 0.854. The van der Waals surface area contributed by atoms with Gasteiger partial charge in [0.1, 0.15) is 4.88 Å². The van der Waals surface area contributed by atoms with Crippen LogP contribution >= 0.6 is 22.9 Å². The van der Waals surface area contributed by atoms with Crippen LogP contribution in [0.2, 0.25) is 5.02 Å². The minimum absolute atomic E-state index is 0.0970. The number of likely N-dealkylation sites (N-methyl/N-ethyl adjacent to an activating group) is 1. The highest BCUT2D eigenvalue weighted by Crippen LogP contribution is 2.26. The summed E-state index contributed by atoms with van der Waals surface area (Å²) in [6.07, 6.45) is 0. The summed E-state index contributed by atoms with van der Waals surface area (Å²) in [4.78, 5) is 12.3. The van der Waals surface area contributed by atoms with Crippen molar-refractivity contribution in [1.29, 1.82) is 0 Å². The van der Waals surface area contributed by atoms with Gasteiger partial charge in [-0.1, -0.05) is 11.6 Å². The van der Waals surface area contributed by atoms with E-state index in [9.17, 15) is 4.79 Å². The number of halogens is 1. The third kappa shape index (κ3) is 3.19. The van der Waals surface area contributed by atoms with Crippen LogP contribution < -0.4 is 10.6 Å². The average Bonchev–Trinajstić information content (AvgIpc) is 2.56. The van der Waals surface area contributed by atoms with Crippen molar-refractivity contribution in [2.45, 2.75) is 19.9 Å². The number of carbonyl (C=O) groups excluding carboxylic acids is 1. The SMILES string of the molecule is CNC(C)CNC(=O)c1scc(C)c1Cl. The van der Waals surface area contributed by atoms with E-state index in [4.69, 9.17) is 11.6 Å². The smallest absolute Gasteiger partial charge is 0.262 e. The molecule has 84 valence electrons. The first-order valence-electron chi connectivity index (χ1n) is 4.75. The molecule has 0 spiro atoms. The third-order valence-corrected chi connectivity index (χ3v) is 3.86. The summed E-state index contributed by atoms with van der Waals surface area (Å²) in [7, 11) is 1.86. The molecule has 5 heteroatoms. The Labute approximate surface area is 98.8 Å². The maximum atomic E-state index is 11.7. The van der Waals surface area contributed by atoms with E-state index in [1.54, 1.807) is 0 Å². The van der Waals surface area contributed by atoms with Crippen LogP contribution in [0.3, 0.4) is 0 Å². The predicted molar refractivity (Wildman–Crippen MR) is 64.9 cm³/mol. The van der Waals surface area contributed by atoms with Crippen LogP contribution in [0, 0.1) is 6.92 Å². The molecule has 0 bridgehead atoms. The van der Waals surface area contributed by atoms with E-state index in [2.05, 4.69) is 10.6 Å². The maximum Gasteiger partial charge on any atom is 0.262 e. The van der Waals surface area contributed by atoms with Gasteiger partial charge in [-0.15, -0.1) is 11.3 Å². The lowest BCUT2D eigenvalue weighted by molar-refractivity contribution is 0.0954. The molecule has 1 unspecified atom stereocenters. The Kier molecular flexibility index (Phi) is 4.57. The molecule has 1 atom stereocenters. The molecule has 15 heavy (non-hydrogen) atoms. The van der Waals surface area contributed by atoms with Gasteiger partial charge in [0, 0.05) is 12.6 Å². The molecule has 0 aliphatic rings. The molecule has 0 aliphatic carbocycles. The number of thiophene rings is 1. The fraction of sp³-hybridized carbons (Fsp3) is 0.500. The first kappa shape index (κ1) is 12.5. The number of hydrogen-bond acceptors (Lipinski definition) is 3. The van der Waals surface area contributed by atoms with E-state index in [-0.39, 0.29) is 11.9 Å². The molecule has 0 aromatic carbocycles. The topological polar surface area (TPSA) is 41.1 Å². The van der Waals surface area contributed by atoms with Gasteiger partial charge in [0.25, 0.3) is 5.91 Å². The first-order valence-corrected chi connectivity index (χ1v) is 6.01. The highest BCUT2D eigenvalue weighted by atomic mass is 35.5. The second-order valence-corrected chi connectivity index (χ2v) is 4.72. The zero-order valence-electron chi connectivity index (χ0n) is 9.06. The van der Waals surface area contributed by atoms with Crippen molar-refractivity contribution in [2.75, 3.05) is 13.6 Å². The van der Waals surface area contributed by atoms with Gasteiger partial charge < -0.3 is 10.6 Å². The lowest BCUT2D eigenvalue weighted by Gasteiger charge is -2.10. The van der Waals surface area contributed by atoms with Crippen LogP contribution in [0.5, 0.6) is 0 Å². The largest absolute Gasteiger partial charge is 0.350 e. The Morgan fingerprint density at radius 2 is 2.33 bits per heavy atom. The molecule has 0 fully saturated rings. The molecular weight excluding hydrogens is 232 g/mol. The van der Waals surface area contributed by atoms with E-state index < -0.39 is 0 Å². The van der Waals surface area contributed by atoms with Crippen molar-refractivity contribution in [2.24, 2.45) is 0 Å². The van der Waals surface area contributed by atoms with Crippen molar-refractivity contribution >= 4 is 28.8 Å². The molecule has 3 nitrogen and oxygen atoms in total. The van der Waals surface area contributed by atoms with E-state index in [1.807, 2.05) is 26.3 Å². The zero-order valence-corrected chi connectivity index (χ0v) is 10.6. The number of rotatable bonds is 4. The molecular formula is C10H15ClN2OS. The number of nitrogens with one attached hydrogen (secondary N) is 2. The third-order valence-electron chi connectivity index (χ3n) is 2.17. The van der Waals surface area contributed by atoms with Crippen molar-refractivity contribution < 1.29 is 4.79 Å². The maximum absolute atomic E-state index is 11.7. The van der Waals surface area contributed by atoms with Gasteiger partial charge in [0.05, 0.1) is 5.02 Å². The van der Waals surface area contributed by atoms with E-state index in [0.717, 1.165) is 5.56 Å². The Morgan fingerprint density at radius 1 is 1.67 bits per heavy atom. The minimum Gasteiger partial charge on any atom is -0.350 e. The first-order chi connectivity index (χ1) is 7.06. The Morgan fingerprint density at radius 3 is 2.80 bits per heavy atom. The molecule has 1 amide bonds. The van der Waals surface area contributed by atoms with Crippen molar-refractivity contribution in [3.05, 3.63) is 20.8 Å². The summed E-state index contributed by atoms with van der Waals surface area (Å²) in [6, 6.07) is 0.258. The molecule has 1 heterocycles. The van der Waals surface area contributed by atoms with Crippen LogP contribution in [-0.4, -0.2) is 25.5 Å². The van der Waals surface area contributed by atoms with Gasteiger partial charge in [-0.2, -0.15) is 0 Å². The molecule has 1 aromatic heterocycles. The summed E-state index contributed by atoms with van der Waals surface area (Å²) in [5.74, 6) is -0.0970. The second kappa shape index (κ2) is 5.49. The van der Waals surface area contributed by atoms with Gasteiger partial charge in [-0.3, -0.25) is 4.79 Å². The summed E-state index contributed by atoms with van der Waals surface area (Å²) >= 11 is 7.37. The number of carbonyl (C=O) groups is 1. The van der Waals surface area contributed by atoms with Gasteiger partial charge in [0.2, 0.25) is 0 Å². The Hall–Kier alpha value is -0.580. The fourth-order valence-corrected chi connectivity index (χ4v) is 2.21. The highest BCUT2D eigenvalue weighted by molar-refractivity contribution is 7.13. The summed E-state index contributed by atoms with van der Waals surface area (Å²) < 4.78 is 0. The number of hydrogen-bond donors (Lipinski definition) is 2. The molecule has 0 radical (unpaired) electrons. The predicted octanol–water partition coefficient (Wildman–Crippen LogP) is 2.05. The normalized spacial score (nSPS) is 12.5. The van der Waals surface area contributed by atoms with Crippen molar-refractivity contribution in [3.63, 3.8) is 0 Å². The summed E-state index contributed by atoms with van der Waals surface area (Å²) in [6.45, 7) is 4.50. The molecule has 1 aromatic rings. The molecule has 0 saturated carbocycles. The number of amides is 1. The summed E-state index contributed by atoms with van der Waals surface area (Å²) in [5.41, 5.74) is 0.952. The highest BCUT2D eigenvalue weighted by Gasteiger charge is 2.14. The number of aryl methyl sites for hydroxylation is 1. The Balaban J connectivity index is 2.58. The Bertz CT molecular complexity index is 351.